The number of fused-ring (bicyclic) bond motifs is 4. The van der Waals surface area contributed by atoms with E-state index in [2.05, 4.69) is 140 Å². The van der Waals surface area contributed by atoms with Crippen molar-refractivity contribution in [2.75, 3.05) is 101 Å². The van der Waals surface area contributed by atoms with Crippen LogP contribution in [0, 0.1) is 30.2 Å². The summed E-state index contributed by atoms with van der Waals surface area (Å²) in [5.74, 6) is 2.90. The molecule has 16 N–H and O–H groups in total. The summed E-state index contributed by atoms with van der Waals surface area (Å²) < 4.78 is 90.7. The number of nitrogens with zero attached hydrogens (tertiary/aromatic N) is 9. The molecule has 8 aromatic carbocycles. The highest BCUT2D eigenvalue weighted by Crippen LogP contribution is 2.38. The SMILES string of the molecule is COc1cc2nc(-c3[nH]ncc3NC(=O)NCc3ccc(F)cc3)[nH]c2cc1OC.COc1cc2nc(-c3[nH]ncc3NC(=O)Nc3c(F)cccc3F)[nH]c2cc1OC.COc1cc2nc(-c3[nH]ncc3NC(=O)Nc3ccc(C)cc3)[nH]c2cc1OC.O=C(NCc1ccc(F)cc1)Nc1cn[nH]c1-c1nc2ccc(CN3CCOCC3)cc2[nH]1. The quantitative estimate of drug-likeness (QED) is 0.0280. The number of para-hydroxylation sites is 1. The van der Waals surface area contributed by atoms with Crippen molar-refractivity contribution < 1.29 is 69.9 Å². The lowest BCUT2D eigenvalue weighted by Crippen LogP contribution is -2.35. The van der Waals surface area contributed by atoms with E-state index in [-0.39, 0.29) is 36.4 Å². The minimum Gasteiger partial charge on any atom is -0.493 e. The van der Waals surface area contributed by atoms with Gasteiger partial charge in [0.15, 0.2) is 57.8 Å². The highest BCUT2D eigenvalue weighted by atomic mass is 19.1. The van der Waals surface area contributed by atoms with Crippen LogP contribution in [0.5, 0.6) is 34.5 Å². The second-order valence-corrected chi connectivity index (χ2v) is 26.9. The van der Waals surface area contributed by atoms with E-state index in [9.17, 15) is 36.7 Å². The van der Waals surface area contributed by atoms with Crippen LogP contribution in [-0.2, 0) is 24.4 Å². The molecule has 122 heavy (non-hydrogen) atoms. The predicted octanol–water partition coefficient (Wildman–Crippen LogP) is 14.5. The number of morpholine rings is 1. The van der Waals surface area contributed by atoms with E-state index in [1.165, 1.54) is 74.9 Å². The number of imidazole rings is 4. The van der Waals surface area contributed by atoms with Gasteiger partial charge in [-0.05, 0) is 84.3 Å². The van der Waals surface area contributed by atoms with Crippen molar-refractivity contribution in [1.29, 1.82) is 0 Å². The molecule has 9 heterocycles. The fourth-order valence-electron chi connectivity index (χ4n) is 12.6. The molecule has 1 fully saturated rings. The summed E-state index contributed by atoms with van der Waals surface area (Å²) in [5, 5.41) is 48.5. The van der Waals surface area contributed by atoms with Gasteiger partial charge in [0.1, 0.15) is 51.7 Å². The lowest BCUT2D eigenvalue weighted by Gasteiger charge is -2.26. The Labute approximate surface area is 689 Å². The third kappa shape index (κ3) is 20.0. The third-order valence-corrected chi connectivity index (χ3v) is 18.8. The Morgan fingerprint density at radius 1 is 0.393 bits per heavy atom. The maximum atomic E-state index is 13.7. The Morgan fingerprint density at radius 3 is 1.12 bits per heavy atom. The van der Waals surface area contributed by atoms with E-state index in [1.54, 1.807) is 89.1 Å². The second kappa shape index (κ2) is 37.9. The maximum absolute atomic E-state index is 13.7. The van der Waals surface area contributed by atoms with E-state index < -0.39 is 35.4 Å². The summed E-state index contributed by atoms with van der Waals surface area (Å²) in [7, 11) is 9.30. The van der Waals surface area contributed by atoms with Crippen LogP contribution in [0.1, 0.15) is 22.3 Å². The number of anilines is 6. The van der Waals surface area contributed by atoms with Crippen LogP contribution in [-0.4, -0.2) is 179 Å². The molecule has 0 atom stereocenters. The fraction of sp³-hybridized carbons (Fsp3) is 0.171. The molecular formula is C82H79F4N25O11. The smallest absolute Gasteiger partial charge is 0.323 e. The summed E-state index contributed by atoms with van der Waals surface area (Å²) >= 11 is 0. The molecule has 0 spiro atoms. The minimum absolute atomic E-state index is 0.252. The zero-order valence-corrected chi connectivity index (χ0v) is 66.1. The van der Waals surface area contributed by atoms with Crippen LogP contribution in [0.25, 0.3) is 90.2 Å². The van der Waals surface area contributed by atoms with Crippen LogP contribution in [0.3, 0.4) is 0 Å². The minimum atomic E-state index is -0.891. The number of nitrogens with one attached hydrogen (secondary N) is 16. The van der Waals surface area contributed by atoms with Crippen molar-refractivity contribution in [3.8, 4) is 80.6 Å². The Bertz CT molecular complexity index is 6210. The molecule has 0 saturated carbocycles. The molecule has 16 aromatic rings. The lowest BCUT2D eigenvalue weighted by molar-refractivity contribution is 0.0342. The predicted molar refractivity (Wildman–Crippen MR) is 447 cm³/mol. The molecule has 1 aliphatic rings. The molecule has 8 amide bonds. The summed E-state index contributed by atoms with van der Waals surface area (Å²) in [4.78, 5) is 82.6. The monoisotopic (exact) mass is 1670 g/mol. The van der Waals surface area contributed by atoms with Crippen molar-refractivity contribution in [3.05, 3.63) is 216 Å². The average molecular weight is 1670 g/mol. The van der Waals surface area contributed by atoms with Gasteiger partial charge in [0.25, 0.3) is 0 Å². The molecule has 1 saturated heterocycles. The molecule has 0 aliphatic carbocycles. The van der Waals surface area contributed by atoms with Crippen molar-refractivity contribution in [1.82, 2.24) is 96.2 Å². The van der Waals surface area contributed by atoms with Crippen LogP contribution in [0.4, 0.5) is 70.9 Å². The number of aromatic nitrogens is 16. The summed E-state index contributed by atoms with van der Waals surface area (Å²) in [6.07, 6.45) is 5.89. The number of methoxy groups -OCH3 is 6. The van der Waals surface area contributed by atoms with Crippen molar-refractivity contribution >= 4 is 102 Å². The number of aromatic amines is 8. The van der Waals surface area contributed by atoms with Crippen LogP contribution in [0.2, 0.25) is 0 Å². The van der Waals surface area contributed by atoms with E-state index in [1.807, 2.05) is 37.3 Å². The van der Waals surface area contributed by atoms with Gasteiger partial charge in [-0.15, -0.1) is 0 Å². The first-order valence-corrected chi connectivity index (χ1v) is 37.3. The van der Waals surface area contributed by atoms with Crippen LogP contribution >= 0.6 is 0 Å². The van der Waals surface area contributed by atoms with Gasteiger partial charge in [-0.2, -0.15) is 20.4 Å². The molecule has 40 heteroatoms. The molecule has 0 bridgehead atoms. The van der Waals surface area contributed by atoms with Crippen molar-refractivity contribution in [3.63, 3.8) is 0 Å². The van der Waals surface area contributed by atoms with Crippen LogP contribution < -0.4 is 71.0 Å². The molecule has 0 unspecified atom stereocenters. The molecular weight excluding hydrogens is 1590 g/mol. The number of halogens is 4. The van der Waals surface area contributed by atoms with Crippen molar-refractivity contribution in [2.24, 2.45) is 0 Å². The Kier molecular flexibility index (Phi) is 25.7. The molecule has 8 aromatic heterocycles. The van der Waals surface area contributed by atoms with Gasteiger partial charge in [-0.3, -0.25) is 25.3 Å². The van der Waals surface area contributed by atoms with Crippen molar-refractivity contribution in [2.45, 2.75) is 26.6 Å². The van der Waals surface area contributed by atoms with E-state index in [0.29, 0.717) is 125 Å². The average Bonchev–Trinajstić information content (AvgIpc) is 1.69. The summed E-state index contributed by atoms with van der Waals surface area (Å²) in [6, 6.07) is 37.3. The van der Waals surface area contributed by atoms with Gasteiger partial charge >= 0.3 is 24.1 Å². The first kappa shape index (κ1) is 82.5. The largest absolute Gasteiger partial charge is 0.493 e. The van der Waals surface area contributed by atoms with Gasteiger partial charge in [0.05, 0.1) is 148 Å². The number of urea groups is 4. The van der Waals surface area contributed by atoms with E-state index in [0.717, 1.165) is 83.7 Å². The van der Waals surface area contributed by atoms with Gasteiger partial charge in [0, 0.05) is 74.8 Å². The third-order valence-electron chi connectivity index (χ3n) is 18.8. The van der Waals surface area contributed by atoms with Gasteiger partial charge < -0.3 is 95.6 Å². The second-order valence-electron chi connectivity index (χ2n) is 26.9. The number of carbonyl (C=O) groups is 4. The summed E-state index contributed by atoms with van der Waals surface area (Å²) in [6.45, 7) is 6.77. The lowest BCUT2D eigenvalue weighted by atomic mass is 10.2. The molecule has 1 aliphatic heterocycles. The zero-order valence-electron chi connectivity index (χ0n) is 66.1. The Morgan fingerprint density at radius 2 is 0.738 bits per heavy atom. The number of hydrogen-bond donors (Lipinski definition) is 16. The molecule has 36 nitrogen and oxygen atoms in total. The topological polar surface area (TPSA) is 462 Å². The van der Waals surface area contributed by atoms with Gasteiger partial charge in [-0.25, -0.2) is 56.7 Å². The van der Waals surface area contributed by atoms with Gasteiger partial charge in [-0.1, -0.05) is 54.1 Å². The number of H-pyrrole nitrogens is 8. The molecule has 17 rings (SSSR count). The normalized spacial score (nSPS) is 11.8. The number of amides is 8. The van der Waals surface area contributed by atoms with Gasteiger partial charge in [0.2, 0.25) is 0 Å². The standard InChI is InChI=1S/C23H24FN7O2.C20H19FN6O3.C20H20N6O3.C19H16F2N6O3/c24-17-4-1-15(2-5-17)12-25-23(32)29-20-13-26-30-21(20)22-27-18-6-3-16(11-19(18)28-22)14-31-7-9-33-10-8-31;1-29-16-7-13-14(8-17(16)30-2)25-19(24-13)18-15(10-23-27-18)26-20(28)22-9-11-3-5-12(21)6-4-11;1-11-4-6-12(7-5-11)22-20(27)25-15-10-21-26-18(15)19-23-13-8-16(28-2)17(29-3)9-14(13)24-19;1-29-14-6-11-12(7-15(14)30-2)24-18(23-11)17-13(8-22-27-17)25-19(28)26-16-9(20)4-3-5-10(16)21/h1-6,11,13H,7-10,12,14H2,(H,26,30)(H,27,28)(H2,25,29,32);3-8,10H,9H2,1-2H3,(H,23,27)(H,24,25)(H2,22,26,28);4-10H,1-3H3,(H,21,26)(H,23,24)(H2,22,25,27);3-8H,1-2H3,(H,22,27)(H,23,24)(H2,25,26,28). The zero-order chi connectivity index (χ0) is 85.3. The highest BCUT2D eigenvalue weighted by Gasteiger charge is 2.24. The number of carbonyl (C=O) groups excluding carboxylic acids is 4. The van der Waals surface area contributed by atoms with E-state index >= 15 is 0 Å². The maximum Gasteiger partial charge on any atom is 0.323 e. The van der Waals surface area contributed by atoms with Crippen LogP contribution in [0.15, 0.2) is 170 Å². The first-order valence-electron chi connectivity index (χ1n) is 37.3. The first-order chi connectivity index (χ1) is 59.3. The highest BCUT2D eigenvalue weighted by molar-refractivity contribution is 6.03. The number of ether oxygens (including phenoxy) is 7. The summed E-state index contributed by atoms with van der Waals surface area (Å²) in [5.41, 5.74) is 13.6. The number of aryl methyl sites for hydroxylation is 1. The fourth-order valence-corrected chi connectivity index (χ4v) is 12.6. The number of rotatable bonds is 22. The Hall–Kier alpha value is -16.0. The Balaban J connectivity index is 0.000000133. The number of hydrogen-bond acceptors (Lipinski definition) is 20. The number of benzene rings is 8. The molecule has 0 radical (unpaired) electrons. The molecule has 626 valence electrons. The van der Waals surface area contributed by atoms with E-state index in [4.69, 9.17) is 33.2 Å².